The number of aryl methyl sites for hydroxylation is 1. The van der Waals surface area contributed by atoms with Crippen LogP contribution in [0.2, 0.25) is 0 Å². The molecule has 0 unspecified atom stereocenters. The summed E-state index contributed by atoms with van der Waals surface area (Å²) in [6, 6.07) is 4.81. The predicted octanol–water partition coefficient (Wildman–Crippen LogP) is 1.84. The quantitative estimate of drug-likeness (QED) is 0.597. The Hall–Kier alpha value is -2.11. The van der Waals surface area contributed by atoms with Gasteiger partial charge >= 0.3 is 0 Å². The second-order valence-electron chi connectivity index (χ2n) is 3.96. The lowest BCUT2D eigenvalue weighted by molar-refractivity contribution is -0.385. The fourth-order valence-corrected chi connectivity index (χ4v) is 1.43. The number of hydrogen-bond donors (Lipinski definition) is 2. The summed E-state index contributed by atoms with van der Waals surface area (Å²) in [4.78, 5) is 21.7. The van der Waals surface area contributed by atoms with Crippen LogP contribution in [0.4, 0.5) is 11.4 Å². The number of hydrogen-bond acceptors (Lipinski definition) is 4. The topological polar surface area (TPSA) is 84.3 Å². The molecule has 0 aromatic heterocycles. The van der Waals surface area contributed by atoms with Crippen molar-refractivity contribution in [1.82, 2.24) is 5.32 Å². The first-order chi connectivity index (χ1) is 8.54. The van der Waals surface area contributed by atoms with E-state index in [-0.39, 0.29) is 18.1 Å². The number of benzene rings is 1. The van der Waals surface area contributed by atoms with Crippen LogP contribution in [-0.4, -0.2) is 23.9 Å². The molecule has 1 aromatic carbocycles. The van der Waals surface area contributed by atoms with E-state index in [1.807, 2.05) is 6.92 Å². The summed E-state index contributed by atoms with van der Waals surface area (Å²) >= 11 is 0. The highest BCUT2D eigenvalue weighted by atomic mass is 16.6. The molecule has 1 aromatic rings. The molecule has 1 amide bonds. The van der Waals surface area contributed by atoms with Crippen molar-refractivity contribution in [1.29, 1.82) is 0 Å². The highest BCUT2D eigenvalue weighted by Gasteiger charge is 2.11. The molecule has 6 nitrogen and oxygen atoms in total. The Morgan fingerprint density at radius 1 is 1.44 bits per heavy atom. The van der Waals surface area contributed by atoms with Gasteiger partial charge in [-0.3, -0.25) is 14.9 Å². The highest BCUT2D eigenvalue weighted by Crippen LogP contribution is 2.21. The van der Waals surface area contributed by atoms with Gasteiger partial charge in [0.25, 0.3) is 5.69 Å². The number of nitro groups is 1. The summed E-state index contributed by atoms with van der Waals surface area (Å²) in [6.07, 6.45) is 0.877. The van der Waals surface area contributed by atoms with Crippen molar-refractivity contribution < 1.29 is 9.72 Å². The molecule has 1 rings (SSSR count). The second kappa shape index (κ2) is 6.58. The molecular weight excluding hydrogens is 234 g/mol. The zero-order valence-corrected chi connectivity index (χ0v) is 10.5. The number of nitrogens with zero attached hydrogens (tertiary/aromatic N) is 1. The highest BCUT2D eigenvalue weighted by molar-refractivity contribution is 5.80. The lowest BCUT2D eigenvalue weighted by atomic mass is 10.2. The van der Waals surface area contributed by atoms with E-state index in [4.69, 9.17) is 0 Å². The minimum Gasteiger partial charge on any atom is -0.376 e. The predicted molar refractivity (Wildman–Crippen MR) is 69.6 cm³/mol. The minimum atomic E-state index is -0.433. The molecule has 0 bridgehead atoms. The van der Waals surface area contributed by atoms with Crippen LogP contribution in [0.15, 0.2) is 18.2 Å². The van der Waals surface area contributed by atoms with E-state index in [0.29, 0.717) is 17.8 Å². The normalized spacial score (nSPS) is 9.89. The first-order valence-corrected chi connectivity index (χ1v) is 5.80. The van der Waals surface area contributed by atoms with Crippen LogP contribution >= 0.6 is 0 Å². The molecule has 0 aliphatic rings. The zero-order chi connectivity index (χ0) is 13.5. The number of amides is 1. The fraction of sp³-hybridized carbons (Fsp3) is 0.417. The van der Waals surface area contributed by atoms with Crippen molar-refractivity contribution in [3.63, 3.8) is 0 Å². The first-order valence-electron chi connectivity index (χ1n) is 5.80. The van der Waals surface area contributed by atoms with Crippen molar-refractivity contribution in [2.75, 3.05) is 18.4 Å². The van der Waals surface area contributed by atoms with Gasteiger partial charge in [-0.2, -0.15) is 0 Å². The third-order valence-corrected chi connectivity index (χ3v) is 2.43. The summed E-state index contributed by atoms with van der Waals surface area (Å²) in [5.74, 6) is -0.125. The Balaban J connectivity index is 2.60. The molecule has 0 saturated carbocycles. The molecule has 0 aliphatic heterocycles. The molecular formula is C12H17N3O3. The van der Waals surface area contributed by atoms with Crippen LogP contribution in [0, 0.1) is 17.0 Å². The number of rotatable bonds is 6. The molecule has 2 N–H and O–H groups in total. The van der Waals surface area contributed by atoms with Gasteiger partial charge in [-0.25, -0.2) is 0 Å². The molecule has 18 heavy (non-hydrogen) atoms. The molecule has 0 spiro atoms. The number of carbonyl (C=O) groups is 1. The summed E-state index contributed by atoms with van der Waals surface area (Å²) in [5.41, 5.74) is 1.22. The molecule has 0 heterocycles. The SMILES string of the molecule is CCCNC(=O)CNc1ccc(C)c([N+](=O)[O-])c1. The van der Waals surface area contributed by atoms with Crippen LogP contribution in [0.5, 0.6) is 0 Å². The molecule has 0 fully saturated rings. The van der Waals surface area contributed by atoms with E-state index in [1.165, 1.54) is 6.07 Å². The maximum atomic E-state index is 11.4. The summed E-state index contributed by atoms with van der Waals surface area (Å²) in [7, 11) is 0. The van der Waals surface area contributed by atoms with Gasteiger partial charge in [-0.1, -0.05) is 13.0 Å². The van der Waals surface area contributed by atoms with E-state index in [0.717, 1.165) is 6.42 Å². The van der Waals surface area contributed by atoms with Crippen molar-refractivity contribution in [2.24, 2.45) is 0 Å². The maximum absolute atomic E-state index is 11.4. The van der Waals surface area contributed by atoms with Crippen molar-refractivity contribution in [2.45, 2.75) is 20.3 Å². The third-order valence-electron chi connectivity index (χ3n) is 2.43. The monoisotopic (exact) mass is 251 g/mol. The Labute approximate surface area is 106 Å². The van der Waals surface area contributed by atoms with Gasteiger partial charge in [0.2, 0.25) is 5.91 Å². The van der Waals surface area contributed by atoms with Crippen molar-refractivity contribution in [3.8, 4) is 0 Å². The van der Waals surface area contributed by atoms with Crippen molar-refractivity contribution in [3.05, 3.63) is 33.9 Å². The molecule has 6 heteroatoms. The number of nitro benzene ring substituents is 1. The molecule has 98 valence electrons. The Kier molecular flexibility index (Phi) is 5.10. The van der Waals surface area contributed by atoms with Crippen LogP contribution in [0.1, 0.15) is 18.9 Å². The summed E-state index contributed by atoms with van der Waals surface area (Å²) in [5, 5.41) is 16.3. The average molecular weight is 251 g/mol. The Morgan fingerprint density at radius 3 is 2.78 bits per heavy atom. The van der Waals surface area contributed by atoms with Crippen LogP contribution in [0.3, 0.4) is 0 Å². The molecule has 0 radical (unpaired) electrons. The summed E-state index contributed by atoms with van der Waals surface area (Å²) in [6.45, 7) is 4.39. The Bertz CT molecular complexity index is 446. The average Bonchev–Trinajstić information content (AvgIpc) is 2.35. The van der Waals surface area contributed by atoms with E-state index in [1.54, 1.807) is 19.1 Å². The second-order valence-corrected chi connectivity index (χ2v) is 3.96. The van der Waals surface area contributed by atoms with Gasteiger partial charge in [0.1, 0.15) is 0 Å². The molecule has 0 saturated heterocycles. The van der Waals surface area contributed by atoms with Gasteiger partial charge in [0.15, 0.2) is 0 Å². The summed E-state index contributed by atoms with van der Waals surface area (Å²) < 4.78 is 0. The fourth-order valence-electron chi connectivity index (χ4n) is 1.43. The van der Waals surface area contributed by atoms with Gasteiger partial charge in [0.05, 0.1) is 11.5 Å². The Morgan fingerprint density at radius 2 is 2.17 bits per heavy atom. The number of carbonyl (C=O) groups excluding carboxylic acids is 1. The zero-order valence-electron chi connectivity index (χ0n) is 10.5. The lowest BCUT2D eigenvalue weighted by Gasteiger charge is -2.07. The third kappa shape index (κ3) is 4.04. The van der Waals surface area contributed by atoms with Gasteiger partial charge < -0.3 is 10.6 Å². The van der Waals surface area contributed by atoms with Crippen LogP contribution in [0.25, 0.3) is 0 Å². The van der Waals surface area contributed by atoms with Gasteiger partial charge in [0, 0.05) is 23.9 Å². The lowest BCUT2D eigenvalue weighted by Crippen LogP contribution is -2.30. The van der Waals surface area contributed by atoms with E-state index in [2.05, 4.69) is 10.6 Å². The first kappa shape index (κ1) is 14.0. The number of nitrogens with one attached hydrogen (secondary N) is 2. The maximum Gasteiger partial charge on any atom is 0.274 e. The molecule has 0 atom stereocenters. The van der Waals surface area contributed by atoms with E-state index in [9.17, 15) is 14.9 Å². The largest absolute Gasteiger partial charge is 0.376 e. The van der Waals surface area contributed by atoms with E-state index < -0.39 is 4.92 Å². The van der Waals surface area contributed by atoms with Crippen LogP contribution in [-0.2, 0) is 4.79 Å². The number of anilines is 1. The van der Waals surface area contributed by atoms with E-state index >= 15 is 0 Å². The molecule has 0 aliphatic carbocycles. The van der Waals surface area contributed by atoms with Gasteiger partial charge in [-0.15, -0.1) is 0 Å². The van der Waals surface area contributed by atoms with Gasteiger partial charge in [-0.05, 0) is 19.4 Å². The smallest absolute Gasteiger partial charge is 0.274 e. The van der Waals surface area contributed by atoms with Crippen molar-refractivity contribution >= 4 is 17.3 Å². The standard InChI is InChI=1S/C12H17N3O3/c1-3-6-13-12(16)8-14-10-5-4-9(2)11(7-10)15(17)18/h4-5,7,14H,3,6,8H2,1-2H3,(H,13,16). The van der Waals surface area contributed by atoms with Crippen LogP contribution < -0.4 is 10.6 Å². The minimum absolute atomic E-state index is 0.0500.